The predicted molar refractivity (Wildman–Crippen MR) is 128 cm³/mol. The minimum atomic E-state index is -1.87. The molecule has 0 radical (unpaired) electrons. The van der Waals surface area contributed by atoms with Gasteiger partial charge in [-0.05, 0) is 40.4 Å². The van der Waals surface area contributed by atoms with Crippen molar-refractivity contribution in [3.05, 3.63) is 101 Å². The average molecular weight is 420 g/mol. The van der Waals surface area contributed by atoms with Crippen molar-refractivity contribution in [2.24, 2.45) is 0 Å². The molecule has 0 N–H and O–H groups in total. The maximum absolute atomic E-state index is 6.23. The van der Waals surface area contributed by atoms with Gasteiger partial charge in [-0.3, -0.25) is 0 Å². The van der Waals surface area contributed by atoms with E-state index < -0.39 is 8.07 Å². The van der Waals surface area contributed by atoms with E-state index in [2.05, 4.69) is 112 Å². The quantitative estimate of drug-likeness (QED) is 0.307. The Labute approximate surface area is 181 Å². The first-order chi connectivity index (χ1) is 13.7. The molecule has 0 amide bonds. The summed E-state index contributed by atoms with van der Waals surface area (Å²) in [7, 11) is -1.87. The topological polar surface area (TPSA) is 3.01 Å². The fourth-order valence-corrected chi connectivity index (χ4v) is 8.77. The van der Waals surface area contributed by atoms with Crippen LogP contribution in [0.15, 0.2) is 84.9 Å². The van der Waals surface area contributed by atoms with E-state index in [0.717, 1.165) is 5.02 Å². The van der Waals surface area contributed by atoms with Gasteiger partial charge in [0.05, 0.1) is 19.3 Å². The Kier molecular flexibility index (Phi) is 4.91. The van der Waals surface area contributed by atoms with Crippen LogP contribution in [0.4, 0.5) is 5.69 Å². The first kappa shape index (κ1) is 20.2. The third-order valence-electron chi connectivity index (χ3n) is 7.23. The van der Waals surface area contributed by atoms with Crippen LogP contribution in [-0.4, -0.2) is 8.07 Å². The SMILES string of the molecule is CC(C)(C)[Si](C)(C)[C@@]1(c2ccccc2)[C@@H](c2ccccc2)N1c1ccc(Cl)cc1. The van der Waals surface area contributed by atoms with Gasteiger partial charge in [-0.25, -0.2) is 0 Å². The van der Waals surface area contributed by atoms with Crippen LogP contribution in [0, 0.1) is 0 Å². The van der Waals surface area contributed by atoms with E-state index in [1.807, 2.05) is 12.1 Å². The van der Waals surface area contributed by atoms with Gasteiger partial charge in [0.1, 0.15) is 0 Å². The van der Waals surface area contributed by atoms with E-state index in [-0.39, 0.29) is 10.2 Å². The molecule has 0 saturated carbocycles. The first-order valence-electron chi connectivity index (χ1n) is 10.4. The zero-order valence-corrected chi connectivity index (χ0v) is 19.7. The van der Waals surface area contributed by atoms with Crippen molar-refractivity contribution in [3.8, 4) is 0 Å². The molecule has 0 spiro atoms. The van der Waals surface area contributed by atoms with Crippen molar-refractivity contribution in [1.82, 2.24) is 0 Å². The summed E-state index contributed by atoms with van der Waals surface area (Å²) < 4.78 is 0. The Bertz CT molecular complexity index is 977. The molecule has 1 aliphatic heterocycles. The summed E-state index contributed by atoms with van der Waals surface area (Å²) in [4.78, 5) is 2.66. The zero-order valence-electron chi connectivity index (χ0n) is 18.0. The molecule has 1 heterocycles. The lowest BCUT2D eigenvalue weighted by Gasteiger charge is -2.44. The molecule has 150 valence electrons. The Morgan fingerprint density at radius 1 is 0.793 bits per heavy atom. The summed E-state index contributed by atoms with van der Waals surface area (Å²) in [6.07, 6.45) is 0. The van der Waals surface area contributed by atoms with Gasteiger partial charge in [-0.15, -0.1) is 0 Å². The summed E-state index contributed by atoms with van der Waals surface area (Å²) in [6.45, 7) is 12.4. The monoisotopic (exact) mass is 419 g/mol. The molecule has 3 aromatic carbocycles. The zero-order chi connectivity index (χ0) is 20.9. The van der Waals surface area contributed by atoms with Gasteiger partial charge in [-0.1, -0.05) is 106 Å². The molecule has 0 aromatic heterocycles. The lowest BCUT2D eigenvalue weighted by molar-refractivity contribution is 0.675. The van der Waals surface area contributed by atoms with E-state index in [1.165, 1.54) is 16.8 Å². The van der Waals surface area contributed by atoms with Crippen LogP contribution in [-0.2, 0) is 5.16 Å². The highest BCUT2D eigenvalue weighted by molar-refractivity contribution is 6.84. The van der Waals surface area contributed by atoms with Crippen LogP contribution in [0.25, 0.3) is 0 Å². The van der Waals surface area contributed by atoms with E-state index in [4.69, 9.17) is 11.6 Å². The Morgan fingerprint density at radius 3 is 1.83 bits per heavy atom. The van der Waals surface area contributed by atoms with Crippen LogP contribution in [0.3, 0.4) is 0 Å². The molecule has 3 heteroatoms. The highest BCUT2D eigenvalue weighted by Gasteiger charge is 2.73. The highest BCUT2D eigenvalue weighted by Crippen LogP contribution is 2.70. The van der Waals surface area contributed by atoms with Gasteiger partial charge in [0.2, 0.25) is 0 Å². The maximum Gasteiger partial charge on any atom is 0.0916 e. The van der Waals surface area contributed by atoms with Gasteiger partial charge in [0.25, 0.3) is 0 Å². The first-order valence-corrected chi connectivity index (χ1v) is 13.7. The second-order valence-electron chi connectivity index (χ2n) is 9.67. The Balaban J connectivity index is 1.99. The smallest absolute Gasteiger partial charge is 0.0916 e. The highest BCUT2D eigenvalue weighted by atomic mass is 35.5. The van der Waals surface area contributed by atoms with Crippen LogP contribution >= 0.6 is 11.6 Å². The molecular formula is C26H30ClNSi. The van der Waals surface area contributed by atoms with Crippen molar-refractivity contribution in [2.75, 3.05) is 4.90 Å². The van der Waals surface area contributed by atoms with Crippen LogP contribution < -0.4 is 4.90 Å². The van der Waals surface area contributed by atoms with Gasteiger partial charge in [-0.2, -0.15) is 0 Å². The summed E-state index contributed by atoms with van der Waals surface area (Å²) in [6, 6.07) is 30.8. The summed E-state index contributed by atoms with van der Waals surface area (Å²) in [5.41, 5.74) is 4.06. The van der Waals surface area contributed by atoms with Crippen LogP contribution in [0.2, 0.25) is 23.2 Å². The summed E-state index contributed by atoms with van der Waals surface area (Å²) in [5.74, 6) is 0. The van der Waals surface area contributed by atoms with Crippen molar-refractivity contribution >= 4 is 25.4 Å². The van der Waals surface area contributed by atoms with Crippen LogP contribution in [0.1, 0.15) is 37.9 Å². The minimum Gasteiger partial charge on any atom is -0.353 e. The van der Waals surface area contributed by atoms with E-state index in [0.29, 0.717) is 6.04 Å². The van der Waals surface area contributed by atoms with Crippen molar-refractivity contribution in [1.29, 1.82) is 0 Å². The average Bonchev–Trinajstić information content (AvgIpc) is 3.41. The molecule has 1 aliphatic rings. The largest absolute Gasteiger partial charge is 0.353 e. The molecule has 1 fully saturated rings. The molecule has 3 aromatic rings. The van der Waals surface area contributed by atoms with Crippen molar-refractivity contribution < 1.29 is 0 Å². The molecular weight excluding hydrogens is 390 g/mol. The third-order valence-corrected chi connectivity index (χ3v) is 13.9. The predicted octanol–water partition coefficient (Wildman–Crippen LogP) is 7.84. The molecule has 0 unspecified atom stereocenters. The van der Waals surface area contributed by atoms with Crippen molar-refractivity contribution in [2.45, 2.75) is 50.1 Å². The summed E-state index contributed by atoms with van der Waals surface area (Å²) >= 11 is 6.23. The Morgan fingerprint density at radius 2 is 1.31 bits per heavy atom. The molecule has 0 aliphatic carbocycles. The number of benzene rings is 3. The van der Waals surface area contributed by atoms with E-state index >= 15 is 0 Å². The molecule has 2 atom stereocenters. The van der Waals surface area contributed by atoms with Crippen molar-refractivity contribution in [3.63, 3.8) is 0 Å². The molecule has 1 saturated heterocycles. The normalized spacial score (nSPS) is 21.9. The Hall–Kier alpha value is -2.03. The number of halogens is 1. The van der Waals surface area contributed by atoms with Gasteiger partial charge in [0.15, 0.2) is 0 Å². The second-order valence-corrected chi connectivity index (χ2v) is 15.6. The van der Waals surface area contributed by atoms with E-state index in [9.17, 15) is 0 Å². The second kappa shape index (κ2) is 7.04. The molecule has 1 nitrogen and oxygen atoms in total. The number of anilines is 1. The van der Waals surface area contributed by atoms with Gasteiger partial charge in [0, 0.05) is 10.7 Å². The molecule has 4 rings (SSSR count). The standard InChI is InChI=1S/C26H30ClNSi/c1-25(2,3)29(4,5)26(21-14-10-7-11-15-21)24(20-12-8-6-9-13-20)28(26)23-18-16-22(27)17-19-23/h6-19,24H,1-5H3/t24-,26+,28?/m1/s1. The molecule has 29 heavy (non-hydrogen) atoms. The fraction of sp³-hybridized carbons (Fsp3) is 0.308. The summed E-state index contributed by atoms with van der Waals surface area (Å²) in [5, 5.41) is 1.00. The van der Waals surface area contributed by atoms with Gasteiger partial charge >= 0.3 is 0 Å². The number of nitrogens with zero attached hydrogens (tertiary/aromatic N) is 1. The van der Waals surface area contributed by atoms with E-state index in [1.54, 1.807) is 0 Å². The maximum atomic E-state index is 6.23. The van der Waals surface area contributed by atoms with Gasteiger partial charge < -0.3 is 4.90 Å². The minimum absolute atomic E-state index is 0.0122. The number of hydrogen-bond acceptors (Lipinski definition) is 1. The third kappa shape index (κ3) is 3.05. The number of rotatable bonds is 4. The lowest BCUT2D eigenvalue weighted by Crippen LogP contribution is -2.53. The molecule has 0 bridgehead atoms. The number of hydrogen-bond donors (Lipinski definition) is 0. The van der Waals surface area contributed by atoms with Crippen LogP contribution in [0.5, 0.6) is 0 Å². The lowest BCUT2D eigenvalue weighted by atomic mass is 10.0. The fourth-order valence-electron chi connectivity index (χ4n) is 4.84.